The van der Waals surface area contributed by atoms with Crippen LogP contribution < -0.4 is 5.56 Å². The van der Waals surface area contributed by atoms with Gasteiger partial charge < -0.3 is 10.0 Å². The van der Waals surface area contributed by atoms with E-state index in [0.29, 0.717) is 18.9 Å². The number of aryl methyl sites for hydroxylation is 1. The van der Waals surface area contributed by atoms with Crippen LogP contribution in [0.3, 0.4) is 0 Å². The molecule has 0 atom stereocenters. The third kappa shape index (κ3) is 3.00. The number of carbonyl (C=O) groups is 1. The number of fused-ring (bicyclic) bond motifs is 3. The maximum atomic E-state index is 12.7. The zero-order valence-electron chi connectivity index (χ0n) is 13.6. The van der Waals surface area contributed by atoms with Crippen LogP contribution in [0.1, 0.15) is 12.1 Å². The first-order valence-electron chi connectivity index (χ1n) is 7.71. The second-order valence-electron chi connectivity index (χ2n) is 5.91. The molecule has 24 heavy (non-hydrogen) atoms. The first kappa shape index (κ1) is 16.1. The summed E-state index contributed by atoms with van der Waals surface area (Å²) in [6.07, 6.45) is -0.0351. The van der Waals surface area contributed by atoms with E-state index in [-0.39, 0.29) is 24.1 Å². The number of imidazole rings is 1. The van der Waals surface area contributed by atoms with Gasteiger partial charge in [0.25, 0.3) is 5.56 Å². The van der Waals surface area contributed by atoms with Gasteiger partial charge in [0.1, 0.15) is 5.69 Å². The molecule has 0 spiro atoms. The number of hydrogen-bond acceptors (Lipinski definition) is 5. The largest absolute Gasteiger partial charge is 0.481 e. The minimum Gasteiger partial charge on any atom is -0.481 e. The minimum atomic E-state index is -0.952. The third-order valence-electron chi connectivity index (χ3n) is 3.82. The number of likely N-dealkylation sites (N-methyl/N-ethyl adjacent to an activating group) is 1. The van der Waals surface area contributed by atoms with Crippen molar-refractivity contribution in [3.05, 3.63) is 40.3 Å². The number of benzene rings is 1. The van der Waals surface area contributed by atoms with Gasteiger partial charge in [-0.2, -0.15) is 9.61 Å². The van der Waals surface area contributed by atoms with E-state index < -0.39 is 5.97 Å². The summed E-state index contributed by atoms with van der Waals surface area (Å²) in [6, 6.07) is 7.50. The van der Waals surface area contributed by atoms with Crippen LogP contribution in [-0.2, 0) is 17.8 Å². The van der Waals surface area contributed by atoms with Gasteiger partial charge in [0.15, 0.2) is 0 Å². The van der Waals surface area contributed by atoms with E-state index in [1.165, 1.54) is 0 Å². The van der Waals surface area contributed by atoms with Gasteiger partial charge in [-0.15, -0.1) is 0 Å². The Morgan fingerprint density at radius 3 is 2.75 bits per heavy atom. The van der Waals surface area contributed by atoms with Crippen LogP contribution in [0.4, 0.5) is 0 Å². The molecule has 0 amide bonds. The van der Waals surface area contributed by atoms with Crippen LogP contribution in [-0.4, -0.2) is 55.8 Å². The molecule has 3 aromatic rings. The van der Waals surface area contributed by atoms with Gasteiger partial charge in [-0.3, -0.25) is 14.2 Å². The highest BCUT2D eigenvalue weighted by Gasteiger charge is 2.16. The molecule has 0 saturated heterocycles. The van der Waals surface area contributed by atoms with Gasteiger partial charge >= 0.3 is 5.97 Å². The molecular weight excluding hydrogens is 310 g/mol. The number of hydrogen-bond donors (Lipinski definition) is 1. The smallest absolute Gasteiger partial charge is 0.303 e. The van der Waals surface area contributed by atoms with Crippen LogP contribution in [0, 0.1) is 0 Å². The second-order valence-corrected chi connectivity index (χ2v) is 5.91. The molecule has 0 unspecified atom stereocenters. The van der Waals surface area contributed by atoms with Crippen molar-refractivity contribution in [3.8, 4) is 0 Å². The standard InChI is InChI=1S/C16H19N5O3/c1-19(2)9-10-20-15(24)12(7-8-14(22)23)18-21-13-6-4-3-5-11(13)17-16(20)21/h3-6H,7-10H2,1-2H3,(H,22,23). The Labute approximate surface area is 138 Å². The van der Waals surface area contributed by atoms with Crippen molar-refractivity contribution in [2.75, 3.05) is 20.6 Å². The lowest BCUT2D eigenvalue weighted by atomic mass is 10.2. The molecule has 2 aromatic heterocycles. The van der Waals surface area contributed by atoms with E-state index in [9.17, 15) is 9.59 Å². The summed E-state index contributed by atoms with van der Waals surface area (Å²) in [6.45, 7) is 1.13. The van der Waals surface area contributed by atoms with E-state index in [1.54, 1.807) is 9.08 Å². The highest BCUT2D eigenvalue weighted by molar-refractivity contribution is 5.78. The first-order valence-corrected chi connectivity index (χ1v) is 7.71. The van der Waals surface area contributed by atoms with Crippen molar-refractivity contribution in [1.82, 2.24) is 24.1 Å². The molecule has 1 N–H and O–H groups in total. The average molecular weight is 329 g/mol. The highest BCUT2D eigenvalue weighted by atomic mass is 16.4. The van der Waals surface area contributed by atoms with Gasteiger partial charge in [-0.25, -0.2) is 4.98 Å². The lowest BCUT2D eigenvalue weighted by molar-refractivity contribution is -0.136. The fourth-order valence-corrected chi connectivity index (χ4v) is 2.57. The number of rotatable bonds is 6. The Kier molecular flexibility index (Phi) is 4.30. The summed E-state index contributed by atoms with van der Waals surface area (Å²) in [5.74, 6) is -0.478. The lowest BCUT2D eigenvalue weighted by Gasteiger charge is -2.13. The van der Waals surface area contributed by atoms with Crippen molar-refractivity contribution in [2.45, 2.75) is 19.4 Å². The predicted molar refractivity (Wildman–Crippen MR) is 89.3 cm³/mol. The maximum absolute atomic E-state index is 12.7. The van der Waals surface area contributed by atoms with Crippen LogP contribution >= 0.6 is 0 Å². The van der Waals surface area contributed by atoms with E-state index in [4.69, 9.17) is 5.11 Å². The second kappa shape index (κ2) is 6.40. The predicted octanol–water partition coefficient (Wildman–Crippen LogP) is 0.623. The molecule has 0 bridgehead atoms. The van der Waals surface area contributed by atoms with Crippen LogP contribution in [0.5, 0.6) is 0 Å². The van der Waals surface area contributed by atoms with E-state index in [1.807, 2.05) is 43.3 Å². The molecule has 0 aliphatic rings. The minimum absolute atomic E-state index is 0.0958. The van der Waals surface area contributed by atoms with Crippen LogP contribution in [0.25, 0.3) is 16.8 Å². The van der Waals surface area contributed by atoms with Crippen molar-refractivity contribution in [1.29, 1.82) is 0 Å². The lowest BCUT2D eigenvalue weighted by Crippen LogP contribution is -2.32. The summed E-state index contributed by atoms with van der Waals surface area (Å²) < 4.78 is 3.20. The monoisotopic (exact) mass is 329 g/mol. The number of nitrogens with zero attached hydrogens (tertiary/aromatic N) is 5. The van der Waals surface area contributed by atoms with Crippen LogP contribution in [0.2, 0.25) is 0 Å². The quantitative estimate of drug-likeness (QED) is 0.713. The zero-order chi connectivity index (χ0) is 17.3. The van der Waals surface area contributed by atoms with E-state index >= 15 is 0 Å². The summed E-state index contributed by atoms with van der Waals surface area (Å²) in [5.41, 5.74) is 1.51. The fraction of sp³-hybridized carbons (Fsp3) is 0.375. The normalized spacial score (nSPS) is 11.6. The Balaban J connectivity index is 2.21. The highest BCUT2D eigenvalue weighted by Crippen LogP contribution is 2.14. The molecule has 8 nitrogen and oxygen atoms in total. The van der Waals surface area contributed by atoms with Gasteiger partial charge in [0.05, 0.1) is 17.5 Å². The average Bonchev–Trinajstić information content (AvgIpc) is 2.90. The van der Waals surface area contributed by atoms with Crippen molar-refractivity contribution in [2.24, 2.45) is 0 Å². The van der Waals surface area contributed by atoms with Gasteiger partial charge in [-0.05, 0) is 26.2 Å². The van der Waals surface area contributed by atoms with E-state index in [0.717, 1.165) is 11.0 Å². The van der Waals surface area contributed by atoms with Crippen LogP contribution in [0.15, 0.2) is 29.1 Å². The number of carboxylic acid groups (broad SMARTS) is 1. The number of carboxylic acids is 1. The van der Waals surface area contributed by atoms with Crippen molar-refractivity contribution >= 4 is 22.8 Å². The topological polar surface area (TPSA) is 92.7 Å². The first-order chi connectivity index (χ1) is 11.5. The molecule has 3 rings (SSSR count). The van der Waals surface area contributed by atoms with Gasteiger partial charge in [0.2, 0.25) is 5.78 Å². The van der Waals surface area contributed by atoms with Gasteiger partial charge in [-0.1, -0.05) is 12.1 Å². The molecule has 0 aliphatic heterocycles. The fourth-order valence-electron chi connectivity index (χ4n) is 2.57. The zero-order valence-corrected chi connectivity index (χ0v) is 13.6. The van der Waals surface area contributed by atoms with Crippen molar-refractivity contribution in [3.63, 3.8) is 0 Å². The summed E-state index contributed by atoms with van der Waals surface area (Å²) in [5, 5.41) is 13.3. The number of aromatic nitrogens is 4. The SMILES string of the molecule is CN(C)CCn1c(=O)c(CCC(=O)O)nn2c3ccccc3nc12. The van der Waals surface area contributed by atoms with Crippen molar-refractivity contribution < 1.29 is 9.90 Å². The Morgan fingerprint density at radius 2 is 2.04 bits per heavy atom. The maximum Gasteiger partial charge on any atom is 0.303 e. The molecule has 0 radical (unpaired) electrons. The molecule has 0 saturated carbocycles. The molecular formula is C16H19N5O3. The Bertz CT molecular complexity index is 957. The Morgan fingerprint density at radius 1 is 1.29 bits per heavy atom. The molecule has 0 fully saturated rings. The number of aliphatic carboxylic acids is 1. The molecule has 8 heteroatoms. The molecule has 1 aromatic carbocycles. The summed E-state index contributed by atoms with van der Waals surface area (Å²) >= 11 is 0. The summed E-state index contributed by atoms with van der Waals surface area (Å²) in [4.78, 5) is 30.1. The molecule has 126 valence electrons. The molecule has 2 heterocycles. The third-order valence-corrected chi connectivity index (χ3v) is 3.82. The van der Waals surface area contributed by atoms with E-state index in [2.05, 4.69) is 10.1 Å². The number of para-hydroxylation sites is 2. The van der Waals surface area contributed by atoms with Gasteiger partial charge in [0, 0.05) is 19.5 Å². The summed E-state index contributed by atoms with van der Waals surface area (Å²) in [7, 11) is 3.85. The Hall–Kier alpha value is -2.74. The molecule has 0 aliphatic carbocycles.